The average molecular weight is 487 g/mol. The van der Waals surface area contributed by atoms with E-state index in [2.05, 4.69) is 25.8 Å². The smallest absolute Gasteiger partial charge is 0.270 e. The quantitative estimate of drug-likeness (QED) is 0.235. The zero-order valence-corrected chi connectivity index (χ0v) is 19.5. The van der Waals surface area contributed by atoms with Crippen molar-refractivity contribution >= 4 is 35.0 Å². The molecule has 0 saturated carbocycles. The summed E-state index contributed by atoms with van der Waals surface area (Å²) in [4.78, 5) is 39.7. The Balaban J connectivity index is 1.63. The first-order valence-corrected chi connectivity index (χ1v) is 11.3. The van der Waals surface area contributed by atoms with Gasteiger partial charge in [0, 0.05) is 23.4 Å². The fraction of sp³-hybridized carbons (Fsp3) is 0.273. The van der Waals surface area contributed by atoms with Crippen molar-refractivity contribution in [2.24, 2.45) is 5.92 Å². The van der Waals surface area contributed by atoms with Crippen LogP contribution >= 0.6 is 11.8 Å². The van der Waals surface area contributed by atoms with E-state index in [1.165, 1.54) is 36.4 Å². The molecule has 0 radical (unpaired) electrons. The number of non-ortho nitro benzene ring substituents is 1. The van der Waals surface area contributed by atoms with Crippen molar-refractivity contribution < 1.29 is 18.9 Å². The number of nitro groups is 1. The molecule has 2 aromatic carbocycles. The fourth-order valence-corrected chi connectivity index (χ4v) is 3.65. The zero-order valence-electron chi connectivity index (χ0n) is 18.7. The van der Waals surface area contributed by atoms with Gasteiger partial charge in [-0.15, -0.1) is 5.10 Å². The van der Waals surface area contributed by atoms with Gasteiger partial charge in [0.2, 0.25) is 11.1 Å². The summed E-state index contributed by atoms with van der Waals surface area (Å²) in [6, 6.07) is 9.04. The number of aryl methyl sites for hydroxylation is 1. The number of hydrogen-bond donors (Lipinski definition) is 3. The molecule has 1 heterocycles. The molecule has 0 unspecified atom stereocenters. The molecule has 10 nitrogen and oxygen atoms in total. The number of aromatic amines is 1. The largest absolute Gasteiger partial charge is 0.342 e. The summed E-state index contributed by atoms with van der Waals surface area (Å²) in [6.45, 7) is 5.52. The van der Waals surface area contributed by atoms with Gasteiger partial charge in [-0.2, -0.15) is 0 Å². The molecule has 0 fully saturated rings. The Bertz CT molecular complexity index is 1220. The van der Waals surface area contributed by atoms with Gasteiger partial charge in [0.05, 0.1) is 16.7 Å². The number of carbonyl (C=O) groups is 2. The number of thioether (sulfide) groups is 1. The van der Waals surface area contributed by atoms with Crippen LogP contribution in [0.25, 0.3) is 0 Å². The second-order valence-corrected chi connectivity index (χ2v) is 8.74. The van der Waals surface area contributed by atoms with Crippen LogP contribution in [0.1, 0.15) is 41.6 Å². The number of nitrogens with one attached hydrogen (secondary N) is 3. The number of amides is 2. The maximum absolute atomic E-state index is 13.4. The minimum Gasteiger partial charge on any atom is -0.342 e. The Morgan fingerprint density at radius 1 is 1.24 bits per heavy atom. The minimum absolute atomic E-state index is 0.000363. The van der Waals surface area contributed by atoms with E-state index in [0.29, 0.717) is 16.7 Å². The molecule has 3 aromatic rings. The van der Waals surface area contributed by atoms with E-state index in [1.54, 1.807) is 13.0 Å². The van der Waals surface area contributed by atoms with Crippen molar-refractivity contribution in [1.29, 1.82) is 0 Å². The Hall–Kier alpha value is -3.80. The van der Waals surface area contributed by atoms with Gasteiger partial charge in [0.15, 0.2) is 0 Å². The number of anilines is 1. The van der Waals surface area contributed by atoms with Crippen LogP contribution < -0.4 is 10.6 Å². The fourth-order valence-electron chi connectivity index (χ4n) is 3.04. The summed E-state index contributed by atoms with van der Waals surface area (Å²) in [6.07, 6.45) is 0. The average Bonchev–Trinajstić information content (AvgIpc) is 3.26. The summed E-state index contributed by atoms with van der Waals surface area (Å²) in [5.74, 6) is -0.966. The summed E-state index contributed by atoms with van der Waals surface area (Å²) in [7, 11) is 0. The monoisotopic (exact) mass is 486 g/mol. The molecule has 0 saturated heterocycles. The third kappa shape index (κ3) is 6.38. The normalized spacial score (nSPS) is 11.8. The highest BCUT2D eigenvalue weighted by molar-refractivity contribution is 7.99. The first kappa shape index (κ1) is 24.8. The van der Waals surface area contributed by atoms with Crippen molar-refractivity contribution in [1.82, 2.24) is 20.5 Å². The number of benzene rings is 2. The van der Waals surface area contributed by atoms with Gasteiger partial charge in [-0.25, -0.2) is 9.37 Å². The molecule has 0 spiro atoms. The number of aromatic nitrogens is 3. The van der Waals surface area contributed by atoms with Crippen LogP contribution in [0.4, 0.5) is 15.8 Å². The van der Waals surface area contributed by atoms with E-state index in [0.717, 1.165) is 17.3 Å². The van der Waals surface area contributed by atoms with E-state index in [9.17, 15) is 24.1 Å². The maximum atomic E-state index is 13.4. The predicted octanol–water partition coefficient (Wildman–Crippen LogP) is 4.02. The van der Waals surface area contributed by atoms with Crippen LogP contribution in [-0.2, 0) is 4.79 Å². The van der Waals surface area contributed by atoms with E-state index in [4.69, 9.17) is 0 Å². The summed E-state index contributed by atoms with van der Waals surface area (Å²) in [5.41, 5.74) is 1.10. The lowest BCUT2D eigenvalue weighted by Crippen LogP contribution is -2.32. The van der Waals surface area contributed by atoms with Gasteiger partial charge in [-0.05, 0) is 36.6 Å². The molecular formula is C22H23FN6O4S. The maximum Gasteiger partial charge on any atom is 0.270 e. The number of halogens is 1. The molecule has 34 heavy (non-hydrogen) atoms. The molecule has 178 valence electrons. The van der Waals surface area contributed by atoms with Crippen LogP contribution in [0.3, 0.4) is 0 Å². The zero-order chi connectivity index (χ0) is 24.8. The van der Waals surface area contributed by atoms with E-state index in [1.807, 2.05) is 13.8 Å². The first-order chi connectivity index (χ1) is 16.1. The second kappa shape index (κ2) is 10.9. The van der Waals surface area contributed by atoms with Gasteiger partial charge in [-0.1, -0.05) is 37.7 Å². The summed E-state index contributed by atoms with van der Waals surface area (Å²) in [5, 5.41) is 23.6. The molecule has 0 aliphatic carbocycles. The molecule has 1 atom stereocenters. The highest BCUT2D eigenvalue weighted by atomic mass is 32.2. The molecular weight excluding hydrogens is 463 g/mol. The first-order valence-electron chi connectivity index (χ1n) is 10.3. The van der Waals surface area contributed by atoms with Gasteiger partial charge >= 0.3 is 0 Å². The lowest BCUT2D eigenvalue weighted by molar-refractivity contribution is -0.384. The van der Waals surface area contributed by atoms with E-state index in [-0.39, 0.29) is 28.8 Å². The van der Waals surface area contributed by atoms with Crippen LogP contribution in [0.5, 0.6) is 0 Å². The standard InChI is InChI=1S/C22H23FN6O4S/c1-12(2)19(25-21(31)14-5-4-6-16(9-14)29(32)33)20-26-22(28-27-20)34-11-18(30)24-17-10-15(23)8-7-13(17)3/h4-10,12,19H,11H2,1-3H3,(H,24,30)(H,25,31)(H,26,27,28)/t19-/m0/s1. The summed E-state index contributed by atoms with van der Waals surface area (Å²) >= 11 is 1.08. The van der Waals surface area contributed by atoms with E-state index >= 15 is 0 Å². The van der Waals surface area contributed by atoms with Gasteiger partial charge in [0.25, 0.3) is 11.6 Å². The second-order valence-electron chi connectivity index (χ2n) is 7.80. The predicted molar refractivity (Wildman–Crippen MR) is 125 cm³/mol. The molecule has 3 rings (SSSR count). The van der Waals surface area contributed by atoms with Gasteiger partial charge in [-0.3, -0.25) is 24.8 Å². The van der Waals surface area contributed by atoms with Crippen LogP contribution in [0.2, 0.25) is 0 Å². The Kier molecular flexibility index (Phi) is 7.95. The van der Waals surface area contributed by atoms with Crippen LogP contribution in [0.15, 0.2) is 47.6 Å². The number of nitrogens with zero attached hydrogens (tertiary/aromatic N) is 3. The number of nitro benzene ring substituents is 1. The Morgan fingerprint density at radius 3 is 2.71 bits per heavy atom. The highest BCUT2D eigenvalue weighted by Gasteiger charge is 2.24. The number of carbonyl (C=O) groups excluding carboxylic acids is 2. The van der Waals surface area contributed by atoms with Gasteiger partial charge in [0.1, 0.15) is 11.6 Å². The van der Waals surface area contributed by atoms with Crippen molar-refractivity contribution in [3.05, 3.63) is 75.3 Å². The highest BCUT2D eigenvalue weighted by Crippen LogP contribution is 2.23. The van der Waals surface area contributed by atoms with Crippen molar-refractivity contribution in [2.75, 3.05) is 11.1 Å². The molecule has 12 heteroatoms. The lowest BCUT2D eigenvalue weighted by Gasteiger charge is -2.19. The van der Waals surface area contributed by atoms with Gasteiger partial charge < -0.3 is 10.6 Å². The Morgan fingerprint density at radius 2 is 2.00 bits per heavy atom. The topological polar surface area (TPSA) is 143 Å². The van der Waals surface area contributed by atoms with E-state index < -0.39 is 22.7 Å². The minimum atomic E-state index is -0.567. The molecule has 0 aliphatic rings. The molecule has 0 aliphatic heterocycles. The number of H-pyrrole nitrogens is 1. The van der Waals surface area contributed by atoms with Crippen molar-refractivity contribution in [2.45, 2.75) is 32.0 Å². The van der Waals surface area contributed by atoms with Crippen molar-refractivity contribution in [3.63, 3.8) is 0 Å². The van der Waals surface area contributed by atoms with Crippen LogP contribution in [-0.4, -0.2) is 37.7 Å². The molecule has 1 aromatic heterocycles. The van der Waals surface area contributed by atoms with Crippen molar-refractivity contribution in [3.8, 4) is 0 Å². The number of rotatable bonds is 9. The molecule has 0 bridgehead atoms. The third-order valence-electron chi connectivity index (χ3n) is 4.86. The molecule has 3 N–H and O–H groups in total. The Labute approximate surface area is 198 Å². The van der Waals surface area contributed by atoms with Crippen LogP contribution in [0, 0.1) is 28.8 Å². The lowest BCUT2D eigenvalue weighted by atomic mass is 10.0. The number of hydrogen-bond acceptors (Lipinski definition) is 7. The summed E-state index contributed by atoms with van der Waals surface area (Å²) < 4.78 is 13.4. The third-order valence-corrected chi connectivity index (χ3v) is 5.70. The SMILES string of the molecule is Cc1ccc(F)cc1NC(=O)CSc1n[nH]c([C@@H](NC(=O)c2cccc([N+](=O)[O-])c2)C(C)C)n1. The molecule has 2 amide bonds.